The SMILES string of the molecule is CCCCCS(=O)CCOCn1cc(C)c(=O)[nH]c1=O. The van der Waals surface area contributed by atoms with Crippen molar-refractivity contribution in [3.05, 3.63) is 32.6 Å². The van der Waals surface area contributed by atoms with Crippen LogP contribution in [0.2, 0.25) is 0 Å². The van der Waals surface area contributed by atoms with E-state index in [2.05, 4.69) is 11.9 Å². The van der Waals surface area contributed by atoms with Gasteiger partial charge >= 0.3 is 5.69 Å². The van der Waals surface area contributed by atoms with E-state index in [1.165, 1.54) is 10.8 Å². The minimum Gasteiger partial charge on any atom is -0.360 e. The average Bonchev–Trinajstić information content (AvgIpc) is 2.40. The normalized spacial score (nSPS) is 12.5. The van der Waals surface area contributed by atoms with Crippen LogP contribution in [0, 0.1) is 6.92 Å². The molecule has 0 aromatic carbocycles. The summed E-state index contributed by atoms with van der Waals surface area (Å²) in [6.45, 7) is 4.12. The van der Waals surface area contributed by atoms with E-state index in [4.69, 9.17) is 4.74 Å². The van der Waals surface area contributed by atoms with E-state index in [0.29, 0.717) is 23.7 Å². The van der Waals surface area contributed by atoms with E-state index < -0.39 is 16.5 Å². The molecule has 0 aliphatic heterocycles. The van der Waals surface area contributed by atoms with E-state index in [1.54, 1.807) is 6.92 Å². The van der Waals surface area contributed by atoms with Gasteiger partial charge in [-0.15, -0.1) is 0 Å². The molecule has 0 aliphatic carbocycles. The fourth-order valence-corrected chi connectivity index (χ4v) is 2.68. The van der Waals surface area contributed by atoms with Crippen LogP contribution in [0.4, 0.5) is 0 Å². The van der Waals surface area contributed by atoms with Crippen LogP contribution in [-0.4, -0.2) is 31.9 Å². The summed E-state index contributed by atoms with van der Waals surface area (Å²) in [6, 6.07) is 0. The van der Waals surface area contributed by atoms with Crippen LogP contribution in [0.5, 0.6) is 0 Å². The van der Waals surface area contributed by atoms with Gasteiger partial charge in [0, 0.05) is 34.1 Å². The number of aromatic nitrogens is 2. The third kappa shape index (κ3) is 5.83. The van der Waals surface area contributed by atoms with Gasteiger partial charge in [0.2, 0.25) is 0 Å². The molecule has 0 fully saturated rings. The molecule has 1 aromatic heterocycles. The average molecular weight is 302 g/mol. The van der Waals surface area contributed by atoms with Gasteiger partial charge in [-0.05, 0) is 13.3 Å². The van der Waals surface area contributed by atoms with Gasteiger partial charge in [-0.2, -0.15) is 0 Å². The van der Waals surface area contributed by atoms with E-state index >= 15 is 0 Å². The molecule has 0 bridgehead atoms. The first-order valence-corrected chi connectivity index (χ1v) is 8.26. The highest BCUT2D eigenvalue weighted by molar-refractivity contribution is 7.84. The standard InChI is InChI=1S/C13H22N2O4S/c1-3-4-5-7-20(18)8-6-19-10-15-9-11(2)12(16)14-13(15)17/h9H,3-8,10H2,1-2H3,(H,14,16,17). The molecule has 20 heavy (non-hydrogen) atoms. The molecular formula is C13H22N2O4S. The zero-order valence-electron chi connectivity index (χ0n) is 12.0. The van der Waals surface area contributed by atoms with E-state index in [9.17, 15) is 13.8 Å². The van der Waals surface area contributed by atoms with Gasteiger partial charge in [0.1, 0.15) is 6.73 Å². The minimum atomic E-state index is -0.863. The molecule has 6 nitrogen and oxygen atoms in total. The van der Waals surface area contributed by atoms with Crippen molar-refractivity contribution in [3.63, 3.8) is 0 Å². The Kier molecular flexibility index (Phi) is 7.46. The summed E-state index contributed by atoms with van der Waals surface area (Å²) in [4.78, 5) is 24.9. The van der Waals surface area contributed by atoms with Crippen LogP contribution in [0.25, 0.3) is 0 Å². The quantitative estimate of drug-likeness (QED) is 0.683. The predicted molar refractivity (Wildman–Crippen MR) is 79.4 cm³/mol. The van der Waals surface area contributed by atoms with Crippen LogP contribution in [0.15, 0.2) is 15.8 Å². The highest BCUT2D eigenvalue weighted by Crippen LogP contribution is 1.97. The van der Waals surface area contributed by atoms with Crippen LogP contribution in [0.3, 0.4) is 0 Å². The first-order chi connectivity index (χ1) is 9.54. The number of unbranched alkanes of at least 4 members (excludes halogenated alkanes) is 2. The first kappa shape index (κ1) is 16.8. The second kappa shape index (κ2) is 8.86. The first-order valence-electron chi connectivity index (χ1n) is 6.77. The van der Waals surface area contributed by atoms with Crippen molar-refractivity contribution in [1.29, 1.82) is 0 Å². The zero-order valence-corrected chi connectivity index (χ0v) is 12.8. The van der Waals surface area contributed by atoms with Crippen molar-refractivity contribution in [2.75, 3.05) is 18.1 Å². The van der Waals surface area contributed by atoms with Gasteiger partial charge in [-0.1, -0.05) is 19.8 Å². The number of aromatic amines is 1. The van der Waals surface area contributed by atoms with Gasteiger partial charge in [0.25, 0.3) is 5.56 Å². The molecular weight excluding hydrogens is 280 g/mol. The van der Waals surface area contributed by atoms with Gasteiger partial charge < -0.3 is 4.74 Å². The van der Waals surface area contributed by atoms with Crippen molar-refractivity contribution in [1.82, 2.24) is 9.55 Å². The lowest BCUT2D eigenvalue weighted by Gasteiger charge is -2.07. The number of hydrogen-bond acceptors (Lipinski definition) is 4. The zero-order chi connectivity index (χ0) is 15.0. The number of aryl methyl sites for hydroxylation is 1. The molecule has 0 aliphatic rings. The lowest BCUT2D eigenvalue weighted by atomic mass is 10.3. The number of nitrogens with zero attached hydrogens (tertiary/aromatic N) is 1. The third-order valence-electron chi connectivity index (χ3n) is 2.85. The molecule has 1 aromatic rings. The Morgan fingerprint density at radius 1 is 1.30 bits per heavy atom. The topological polar surface area (TPSA) is 81.2 Å². The maximum Gasteiger partial charge on any atom is 0.330 e. The Morgan fingerprint density at radius 3 is 2.75 bits per heavy atom. The third-order valence-corrected chi connectivity index (χ3v) is 4.22. The highest BCUT2D eigenvalue weighted by atomic mass is 32.2. The Morgan fingerprint density at radius 2 is 2.05 bits per heavy atom. The van der Waals surface area contributed by atoms with Gasteiger partial charge in [-0.3, -0.25) is 18.6 Å². The number of ether oxygens (including phenoxy) is 1. The van der Waals surface area contributed by atoms with Crippen molar-refractivity contribution in [3.8, 4) is 0 Å². The Balaban J connectivity index is 2.31. The lowest BCUT2D eigenvalue weighted by Crippen LogP contribution is -2.31. The molecule has 7 heteroatoms. The van der Waals surface area contributed by atoms with E-state index in [1.807, 2.05) is 0 Å². The summed E-state index contributed by atoms with van der Waals surface area (Å²) in [5.74, 6) is 1.18. The monoisotopic (exact) mass is 302 g/mol. The fourth-order valence-electron chi connectivity index (χ4n) is 1.64. The van der Waals surface area contributed by atoms with Gasteiger partial charge in [-0.25, -0.2) is 4.79 Å². The maximum atomic E-state index is 11.6. The van der Waals surface area contributed by atoms with Crippen molar-refractivity contribution in [2.45, 2.75) is 39.8 Å². The molecule has 1 unspecified atom stereocenters. The van der Waals surface area contributed by atoms with Crippen molar-refractivity contribution in [2.24, 2.45) is 0 Å². The van der Waals surface area contributed by atoms with E-state index in [-0.39, 0.29) is 12.3 Å². The molecule has 1 heterocycles. The summed E-state index contributed by atoms with van der Waals surface area (Å²) < 4.78 is 18.2. The van der Waals surface area contributed by atoms with Crippen LogP contribution in [-0.2, 0) is 22.3 Å². The predicted octanol–water partition coefficient (Wildman–Crippen LogP) is 0.758. The van der Waals surface area contributed by atoms with Crippen LogP contribution in [0.1, 0.15) is 31.7 Å². The van der Waals surface area contributed by atoms with Crippen molar-refractivity contribution < 1.29 is 8.95 Å². The molecule has 0 saturated carbocycles. The van der Waals surface area contributed by atoms with Crippen molar-refractivity contribution >= 4 is 10.8 Å². The second-order valence-electron chi connectivity index (χ2n) is 4.63. The Hall–Kier alpha value is -1.21. The Bertz CT molecular complexity index is 550. The van der Waals surface area contributed by atoms with Gasteiger partial charge in [0.15, 0.2) is 0 Å². The Labute approximate surface area is 120 Å². The second-order valence-corrected chi connectivity index (χ2v) is 6.33. The number of rotatable bonds is 9. The lowest BCUT2D eigenvalue weighted by molar-refractivity contribution is 0.0858. The number of hydrogen-bond donors (Lipinski definition) is 1. The molecule has 0 amide bonds. The smallest absolute Gasteiger partial charge is 0.330 e. The molecule has 1 N–H and O–H groups in total. The summed E-state index contributed by atoms with van der Waals surface area (Å²) in [6.07, 6.45) is 4.64. The largest absolute Gasteiger partial charge is 0.360 e. The molecule has 1 atom stereocenters. The molecule has 0 saturated heterocycles. The molecule has 0 spiro atoms. The van der Waals surface area contributed by atoms with E-state index in [0.717, 1.165) is 19.3 Å². The molecule has 1 rings (SSSR count). The maximum absolute atomic E-state index is 11.6. The summed E-state index contributed by atoms with van der Waals surface area (Å²) in [5.41, 5.74) is -0.427. The highest BCUT2D eigenvalue weighted by Gasteiger charge is 2.02. The summed E-state index contributed by atoms with van der Waals surface area (Å²) >= 11 is 0. The minimum absolute atomic E-state index is 0.0581. The molecule has 0 radical (unpaired) electrons. The summed E-state index contributed by atoms with van der Waals surface area (Å²) in [7, 11) is -0.863. The van der Waals surface area contributed by atoms with Crippen LogP contribution < -0.4 is 11.2 Å². The number of H-pyrrole nitrogens is 1. The molecule has 114 valence electrons. The van der Waals surface area contributed by atoms with Gasteiger partial charge in [0.05, 0.1) is 6.61 Å². The fraction of sp³-hybridized carbons (Fsp3) is 0.692. The summed E-state index contributed by atoms with van der Waals surface area (Å²) in [5, 5.41) is 0. The number of nitrogens with one attached hydrogen (secondary N) is 1. The van der Waals surface area contributed by atoms with Crippen LogP contribution >= 0.6 is 0 Å².